The molecule has 0 bridgehead atoms. The van der Waals surface area contributed by atoms with Crippen LogP contribution < -0.4 is 15.4 Å². The van der Waals surface area contributed by atoms with Gasteiger partial charge in [-0.05, 0) is 17.7 Å². The van der Waals surface area contributed by atoms with Gasteiger partial charge in [0, 0.05) is 14.1 Å². The van der Waals surface area contributed by atoms with Crippen LogP contribution in [0.1, 0.15) is 10.9 Å². The Hall–Kier alpha value is -1.70. The van der Waals surface area contributed by atoms with Gasteiger partial charge >= 0.3 is 0 Å². The minimum absolute atomic E-state index is 0.0648. The van der Waals surface area contributed by atoms with E-state index in [9.17, 15) is 8.42 Å². The monoisotopic (exact) mass is 337 g/mol. The molecule has 0 spiro atoms. The van der Waals surface area contributed by atoms with E-state index in [2.05, 4.69) is 17.4 Å². The first-order valence-electron chi connectivity index (χ1n) is 6.64. The SMILES string of the molecule is CN(C)c1cccc(N)c1S(=O)(=O)NC(S)c1ccccc1. The third-order valence-electron chi connectivity index (χ3n) is 3.16. The highest BCUT2D eigenvalue weighted by molar-refractivity contribution is 7.91. The van der Waals surface area contributed by atoms with Gasteiger partial charge in [-0.3, -0.25) is 0 Å². The van der Waals surface area contributed by atoms with Crippen molar-refractivity contribution in [2.24, 2.45) is 0 Å². The minimum atomic E-state index is -3.81. The van der Waals surface area contributed by atoms with Gasteiger partial charge in [-0.1, -0.05) is 36.4 Å². The zero-order chi connectivity index (χ0) is 16.3. The van der Waals surface area contributed by atoms with Crippen molar-refractivity contribution in [1.29, 1.82) is 0 Å². The van der Waals surface area contributed by atoms with Crippen molar-refractivity contribution in [2.75, 3.05) is 24.7 Å². The van der Waals surface area contributed by atoms with E-state index in [-0.39, 0.29) is 10.6 Å². The number of nitrogen functional groups attached to an aromatic ring is 1. The lowest BCUT2D eigenvalue weighted by Crippen LogP contribution is -2.28. The lowest BCUT2D eigenvalue weighted by molar-refractivity contribution is 0.581. The average molecular weight is 337 g/mol. The van der Waals surface area contributed by atoms with E-state index in [1.54, 1.807) is 49.3 Å². The van der Waals surface area contributed by atoms with Crippen LogP contribution in [0, 0.1) is 0 Å². The number of nitrogens with two attached hydrogens (primary N) is 1. The van der Waals surface area contributed by atoms with Crippen molar-refractivity contribution < 1.29 is 8.42 Å². The van der Waals surface area contributed by atoms with Gasteiger partial charge in [-0.2, -0.15) is 17.4 Å². The molecule has 2 aromatic carbocycles. The van der Waals surface area contributed by atoms with Crippen molar-refractivity contribution >= 4 is 34.0 Å². The van der Waals surface area contributed by atoms with Crippen molar-refractivity contribution in [3.63, 3.8) is 0 Å². The van der Waals surface area contributed by atoms with Crippen molar-refractivity contribution in [1.82, 2.24) is 4.72 Å². The van der Waals surface area contributed by atoms with Gasteiger partial charge in [-0.15, -0.1) is 0 Å². The molecule has 22 heavy (non-hydrogen) atoms. The van der Waals surface area contributed by atoms with Crippen LogP contribution in [0.5, 0.6) is 0 Å². The topological polar surface area (TPSA) is 75.4 Å². The summed E-state index contributed by atoms with van der Waals surface area (Å²) in [6.07, 6.45) is 0. The fourth-order valence-electron chi connectivity index (χ4n) is 2.10. The van der Waals surface area contributed by atoms with E-state index in [0.29, 0.717) is 5.69 Å². The minimum Gasteiger partial charge on any atom is -0.398 e. The summed E-state index contributed by atoms with van der Waals surface area (Å²) < 4.78 is 27.9. The Kier molecular flexibility index (Phi) is 5.00. The molecule has 2 rings (SSSR count). The van der Waals surface area contributed by atoms with Crippen molar-refractivity contribution in [3.8, 4) is 0 Å². The molecule has 0 saturated heterocycles. The summed E-state index contributed by atoms with van der Waals surface area (Å²) in [5.74, 6) is 0. The number of thiol groups is 1. The predicted molar refractivity (Wildman–Crippen MR) is 93.7 cm³/mol. The maximum atomic E-state index is 12.7. The number of hydrogen-bond donors (Lipinski definition) is 3. The summed E-state index contributed by atoms with van der Waals surface area (Å²) in [7, 11) is -0.273. The molecule has 0 fully saturated rings. The highest BCUT2D eigenvalue weighted by Gasteiger charge is 2.25. The Morgan fingerprint density at radius 3 is 2.32 bits per heavy atom. The first-order valence-corrected chi connectivity index (χ1v) is 8.64. The van der Waals surface area contributed by atoms with Gasteiger partial charge in [0.05, 0.1) is 16.7 Å². The Labute approximate surface area is 136 Å². The zero-order valence-corrected chi connectivity index (χ0v) is 14.1. The summed E-state index contributed by atoms with van der Waals surface area (Å²) >= 11 is 4.34. The normalized spacial score (nSPS) is 12.9. The molecule has 0 radical (unpaired) electrons. The van der Waals surface area contributed by atoms with Crippen LogP contribution in [0.3, 0.4) is 0 Å². The van der Waals surface area contributed by atoms with E-state index < -0.39 is 15.4 Å². The molecule has 0 amide bonds. The van der Waals surface area contributed by atoms with Gasteiger partial charge in [0.15, 0.2) is 0 Å². The average Bonchev–Trinajstić information content (AvgIpc) is 2.47. The maximum absolute atomic E-state index is 12.7. The van der Waals surface area contributed by atoms with Crippen LogP contribution in [-0.4, -0.2) is 22.5 Å². The van der Waals surface area contributed by atoms with Crippen molar-refractivity contribution in [2.45, 2.75) is 10.3 Å². The molecular weight excluding hydrogens is 318 g/mol. The molecule has 2 aromatic rings. The Morgan fingerprint density at radius 1 is 1.09 bits per heavy atom. The molecule has 5 nitrogen and oxygen atoms in total. The van der Waals surface area contributed by atoms with E-state index >= 15 is 0 Å². The second kappa shape index (κ2) is 6.60. The van der Waals surface area contributed by atoms with E-state index in [4.69, 9.17) is 5.73 Å². The maximum Gasteiger partial charge on any atom is 0.245 e. The molecule has 0 saturated carbocycles. The first-order chi connectivity index (χ1) is 10.3. The number of benzene rings is 2. The number of rotatable bonds is 5. The number of anilines is 2. The second-order valence-corrected chi connectivity index (χ2v) is 7.19. The lowest BCUT2D eigenvalue weighted by atomic mass is 10.2. The molecule has 0 heterocycles. The molecular formula is C15H19N3O2S2. The largest absolute Gasteiger partial charge is 0.398 e. The van der Waals surface area contributed by atoms with Gasteiger partial charge in [-0.25, -0.2) is 8.42 Å². The summed E-state index contributed by atoms with van der Waals surface area (Å²) in [4.78, 5) is 1.77. The third kappa shape index (κ3) is 3.55. The van der Waals surface area contributed by atoms with E-state index in [1.807, 2.05) is 18.2 Å². The fraction of sp³-hybridized carbons (Fsp3) is 0.200. The Morgan fingerprint density at radius 2 is 1.73 bits per heavy atom. The molecule has 7 heteroatoms. The molecule has 1 atom stereocenters. The van der Waals surface area contributed by atoms with Crippen molar-refractivity contribution in [3.05, 3.63) is 54.1 Å². The standard InChI is InChI=1S/C15H19N3O2S2/c1-18(2)13-10-6-9-12(16)14(13)22(19,20)17-15(21)11-7-4-3-5-8-11/h3-10,15,17,21H,16H2,1-2H3. The van der Waals surface area contributed by atoms with Crippen LogP contribution >= 0.6 is 12.6 Å². The number of sulfonamides is 1. The first kappa shape index (κ1) is 16.7. The Balaban J connectivity index is 2.40. The highest BCUT2D eigenvalue weighted by Crippen LogP contribution is 2.31. The molecule has 0 aromatic heterocycles. The third-order valence-corrected chi connectivity index (χ3v) is 5.29. The summed E-state index contributed by atoms with van der Waals surface area (Å²) in [5.41, 5.74) is 7.38. The van der Waals surface area contributed by atoms with E-state index in [1.165, 1.54) is 0 Å². The predicted octanol–water partition coefficient (Wildman–Crippen LogP) is 2.24. The molecule has 118 valence electrons. The molecule has 0 aliphatic heterocycles. The number of nitrogens with zero attached hydrogens (tertiary/aromatic N) is 1. The highest BCUT2D eigenvalue weighted by atomic mass is 32.2. The second-order valence-electron chi connectivity index (χ2n) is 5.02. The van der Waals surface area contributed by atoms with Crippen LogP contribution in [0.25, 0.3) is 0 Å². The van der Waals surface area contributed by atoms with Gasteiger partial charge < -0.3 is 10.6 Å². The summed E-state index contributed by atoms with van der Waals surface area (Å²) in [6, 6.07) is 14.1. The number of nitrogens with one attached hydrogen (secondary N) is 1. The van der Waals surface area contributed by atoms with Gasteiger partial charge in [0.2, 0.25) is 10.0 Å². The number of hydrogen-bond acceptors (Lipinski definition) is 5. The van der Waals surface area contributed by atoms with Gasteiger partial charge in [0.1, 0.15) is 4.90 Å². The smallest absolute Gasteiger partial charge is 0.245 e. The summed E-state index contributed by atoms with van der Waals surface area (Å²) in [6.45, 7) is 0. The molecule has 0 aliphatic carbocycles. The van der Waals surface area contributed by atoms with Crippen LogP contribution in [0.15, 0.2) is 53.4 Å². The molecule has 1 unspecified atom stereocenters. The lowest BCUT2D eigenvalue weighted by Gasteiger charge is -2.21. The fourth-order valence-corrected chi connectivity index (χ4v) is 4.14. The zero-order valence-electron chi connectivity index (χ0n) is 12.4. The van der Waals surface area contributed by atoms with Crippen LogP contribution in [-0.2, 0) is 10.0 Å². The molecule has 0 aliphatic rings. The van der Waals surface area contributed by atoms with Gasteiger partial charge in [0.25, 0.3) is 0 Å². The van der Waals surface area contributed by atoms with Crippen LogP contribution in [0.2, 0.25) is 0 Å². The van der Waals surface area contributed by atoms with Crippen LogP contribution in [0.4, 0.5) is 11.4 Å². The molecule has 3 N–H and O–H groups in total. The Bertz CT molecular complexity index is 747. The quantitative estimate of drug-likeness (QED) is 0.444. The van der Waals surface area contributed by atoms with E-state index in [0.717, 1.165) is 5.56 Å². The summed E-state index contributed by atoms with van der Waals surface area (Å²) in [5, 5.41) is -0.652.